The third-order valence-electron chi connectivity index (χ3n) is 3.75. The predicted molar refractivity (Wildman–Crippen MR) is 75.4 cm³/mol. The van der Waals surface area contributed by atoms with E-state index in [0.29, 0.717) is 29.7 Å². The molecule has 1 saturated heterocycles. The average molecular weight is 290 g/mol. The SMILES string of the molecule is O=c1[nH]cccc1-c1noc(CN2CCC[C@@H](CO)C2)n1. The van der Waals surface area contributed by atoms with Crippen LogP contribution in [-0.2, 0) is 6.54 Å². The summed E-state index contributed by atoms with van der Waals surface area (Å²) in [5, 5.41) is 13.1. The van der Waals surface area contributed by atoms with Crippen molar-refractivity contribution in [3.05, 3.63) is 34.6 Å². The number of aromatic nitrogens is 3. The van der Waals surface area contributed by atoms with Gasteiger partial charge in [-0.15, -0.1) is 0 Å². The summed E-state index contributed by atoms with van der Waals surface area (Å²) in [6.07, 6.45) is 3.68. The summed E-state index contributed by atoms with van der Waals surface area (Å²) >= 11 is 0. The van der Waals surface area contributed by atoms with E-state index in [1.807, 2.05) is 0 Å². The Morgan fingerprint density at radius 2 is 2.43 bits per heavy atom. The van der Waals surface area contributed by atoms with E-state index in [9.17, 15) is 9.90 Å². The maximum absolute atomic E-state index is 11.7. The number of nitrogens with zero attached hydrogens (tertiary/aromatic N) is 3. The molecule has 1 aliphatic heterocycles. The number of aromatic amines is 1. The molecule has 112 valence electrons. The molecule has 0 spiro atoms. The standard InChI is InChI=1S/C14H18N4O3/c19-9-10-3-2-6-18(7-10)8-12-16-13(17-21-12)11-4-1-5-15-14(11)20/h1,4-5,10,19H,2-3,6-9H2,(H,15,20)/t10-/m1/s1. The van der Waals surface area contributed by atoms with Gasteiger partial charge in [0, 0.05) is 19.3 Å². The molecule has 7 heteroatoms. The van der Waals surface area contributed by atoms with Gasteiger partial charge >= 0.3 is 0 Å². The minimum absolute atomic E-state index is 0.213. The molecule has 1 atom stereocenters. The molecule has 1 fully saturated rings. The molecule has 0 bridgehead atoms. The number of piperidine rings is 1. The van der Waals surface area contributed by atoms with Crippen molar-refractivity contribution in [1.29, 1.82) is 0 Å². The zero-order chi connectivity index (χ0) is 14.7. The molecule has 0 saturated carbocycles. The first-order chi connectivity index (χ1) is 10.3. The van der Waals surface area contributed by atoms with E-state index < -0.39 is 0 Å². The third kappa shape index (κ3) is 3.20. The summed E-state index contributed by atoms with van der Waals surface area (Å²) in [5.74, 6) is 1.12. The monoisotopic (exact) mass is 290 g/mol. The lowest BCUT2D eigenvalue weighted by molar-refractivity contribution is 0.107. The topological polar surface area (TPSA) is 95.2 Å². The van der Waals surface area contributed by atoms with Crippen molar-refractivity contribution < 1.29 is 9.63 Å². The van der Waals surface area contributed by atoms with Gasteiger partial charge in [0.05, 0.1) is 12.1 Å². The van der Waals surface area contributed by atoms with E-state index in [4.69, 9.17) is 4.52 Å². The molecule has 21 heavy (non-hydrogen) atoms. The van der Waals surface area contributed by atoms with Crippen molar-refractivity contribution in [2.24, 2.45) is 5.92 Å². The summed E-state index contributed by atoms with van der Waals surface area (Å²) in [6, 6.07) is 3.39. The van der Waals surface area contributed by atoms with Gasteiger partial charge in [0.25, 0.3) is 5.56 Å². The Bertz CT molecular complexity index is 651. The summed E-state index contributed by atoms with van der Waals surface area (Å²) < 4.78 is 5.23. The van der Waals surface area contributed by atoms with Crippen LogP contribution in [0, 0.1) is 5.92 Å². The molecule has 2 aromatic heterocycles. The smallest absolute Gasteiger partial charge is 0.259 e. The van der Waals surface area contributed by atoms with Crippen LogP contribution < -0.4 is 5.56 Å². The van der Waals surface area contributed by atoms with E-state index in [-0.39, 0.29) is 12.2 Å². The largest absolute Gasteiger partial charge is 0.396 e. The molecule has 0 unspecified atom stereocenters. The molecule has 3 heterocycles. The van der Waals surface area contributed by atoms with Crippen LogP contribution in [0.5, 0.6) is 0 Å². The van der Waals surface area contributed by atoms with Gasteiger partial charge in [0.15, 0.2) is 0 Å². The normalized spacial score (nSPS) is 19.8. The van der Waals surface area contributed by atoms with Crippen molar-refractivity contribution in [3.8, 4) is 11.4 Å². The Hall–Kier alpha value is -1.99. The van der Waals surface area contributed by atoms with Gasteiger partial charge < -0.3 is 14.6 Å². The summed E-state index contributed by atoms with van der Waals surface area (Å²) in [6.45, 7) is 2.56. The van der Waals surface area contributed by atoms with Gasteiger partial charge in [-0.25, -0.2) is 0 Å². The highest BCUT2D eigenvalue weighted by molar-refractivity contribution is 5.51. The summed E-state index contributed by atoms with van der Waals surface area (Å²) in [5.41, 5.74) is 0.169. The first-order valence-corrected chi connectivity index (χ1v) is 7.10. The van der Waals surface area contributed by atoms with Crippen LogP contribution >= 0.6 is 0 Å². The Kier molecular flexibility index (Phi) is 4.12. The van der Waals surface area contributed by atoms with E-state index in [0.717, 1.165) is 25.9 Å². The molecular weight excluding hydrogens is 272 g/mol. The predicted octanol–water partition coefficient (Wildman–Crippen LogP) is 0.629. The first kappa shape index (κ1) is 14.0. The van der Waals surface area contributed by atoms with Gasteiger partial charge in [-0.3, -0.25) is 9.69 Å². The summed E-state index contributed by atoms with van der Waals surface area (Å²) in [4.78, 5) is 20.7. The maximum Gasteiger partial charge on any atom is 0.259 e. The second-order valence-electron chi connectivity index (χ2n) is 5.35. The van der Waals surface area contributed by atoms with Crippen LogP contribution in [0.2, 0.25) is 0 Å². The molecule has 1 aliphatic rings. The number of aliphatic hydroxyl groups excluding tert-OH is 1. The van der Waals surface area contributed by atoms with E-state index in [1.54, 1.807) is 18.3 Å². The Balaban J connectivity index is 1.71. The Labute approximate surface area is 121 Å². The van der Waals surface area contributed by atoms with E-state index >= 15 is 0 Å². The number of nitrogens with one attached hydrogen (secondary N) is 1. The van der Waals surface area contributed by atoms with Crippen molar-refractivity contribution in [3.63, 3.8) is 0 Å². The van der Waals surface area contributed by atoms with Crippen LogP contribution in [-0.4, -0.2) is 44.8 Å². The second-order valence-corrected chi connectivity index (χ2v) is 5.35. The highest BCUT2D eigenvalue weighted by Gasteiger charge is 2.21. The number of hydrogen-bond donors (Lipinski definition) is 2. The van der Waals surface area contributed by atoms with Gasteiger partial charge in [-0.05, 0) is 37.4 Å². The fourth-order valence-electron chi connectivity index (χ4n) is 2.66. The van der Waals surface area contributed by atoms with Gasteiger partial charge in [0.1, 0.15) is 0 Å². The van der Waals surface area contributed by atoms with Crippen molar-refractivity contribution >= 4 is 0 Å². The van der Waals surface area contributed by atoms with Crippen molar-refractivity contribution in [2.45, 2.75) is 19.4 Å². The molecule has 0 aliphatic carbocycles. The quantitative estimate of drug-likeness (QED) is 0.857. The van der Waals surface area contributed by atoms with Crippen LogP contribution in [0.4, 0.5) is 0 Å². The minimum Gasteiger partial charge on any atom is -0.396 e. The lowest BCUT2D eigenvalue weighted by atomic mass is 9.99. The minimum atomic E-state index is -0.233. The zero-order valence-electron chi connectivity index (χ0n) is 11.7. The molecule has 7 nitrogen and oxygen atoms in total. The Morgan fingerprint density at radius 3 is 3.24 bits per heavy atom. The van der Waals surface area contributed by atoms with Gasteiger partial charge in [0.2, 0.25) is 11.7 Å². The first-order valence-electron chi connectivity index (χ1n) is 7.10. The molecule has 3 rings (SSSR count). The number of rotatable bonds is 4. The fourth-order valence-corrected chi connectivity index (χ4v) is 2.66. The zero-order valence-corrected chi connectivity index (χ0v) is 11.7. The highest BCUT2D eigenvalue weighted by atomic mass is 16.5. The number of hydrogen-bond acceptors (Lipinski definition) is 6. The molecular formula is C14H18N4O3. The number of likely N-dealkylation sites (tertiary alicyclic amines) is 1. The lowest BCUT2D eigenvalue weighted by Crippen LogP contribution is -2.36. The third-order valence-corrected chi connectivity index (χ3v) is 3.75. The highest BCUT2D eigenvalue weighted by Crippen LogP contribution is 2.18. The molecule has 0 radical (unpaired) electrons. The van der Waals surface area contributed by atoms with Crippen LogP contribution in [0.1, 0.15) is 18.7 Å². The van der Waals surface area contributed by atoms with Crippen molar-refractivity contribution in [2.75, 3.05) is 19.7 Å². The van der Waals surface area contributed by atoms with Gasteiger partial charge in [-0.1, -0.05) is 5.16 Å². The number of aliphatic hydroxyl groups is 1. The number of H-pyrrole nitrogens is 1. The molecule has 0 amide bonds. The summed E-state index contributed by atoms with van der Waals surface area (Å²) in [7, 11) is 0. The van der Waals surface area contributed by atoms with E-state index in [1.165, 1.54) is 0 Å². The molecule has 2 N–H and O–H groups in total. The Morgan fingerprint density at radius 1 is 1.52 bits per heavy atom. The average Bonchev–Trinajstić information content (AvgIpc) is 2.96. The second kappa shape index (κ2) is 6.19. The molecule has 0 aromatic carbocycles. The number of pyridine rings is 1. The van der Waals surface area contributed by atoms with Crippen molar-refractivity contribution in [1.82, 2.24) is 20.0 Å². The van der Waals surface area contributed by atoms with Crippen LogP contribution in [0.3, 0.4) is 0 Å². The van der Waals surface area contributed by atoms with Gasteiger partial charge in [-0.2, -0.15) is 4.98 Å². The molecule has 2 aromatic rings. The van der Waals surface area contributed by atoms with Crippen LogP contribution in [0.15, 0.2) is 27.6 Å². The maximum atomic E-state index is 11.7. The van der Waals surface area contributed by atoms with Crippen LogP contribution in [0.25, 0.3) is 11.4 Å². The lowest BCUT2D eigenvalue weighted by Gasteiger charge is -2.30. The van der Waals surface area contributed by atoms with E-state index in [2.05, 4.69) is 20.0 Å². The fraction of sp³-hybridized carbons (Fsp3) is 0.500.